The van der Waals surface area contributed by atoms with Crippen molar-refractivity contribution in [3.63, 3.8) is 0 Å². The van der Waals surface area contributed by atoms with Crippen LogP contribution < -0.4 is 11.1 Å². The minimum Gasteiger partial charge on any atom is -0.350 e. The predicted octanol–water partition coefficient (Wildman–Crippen LogP) is 2.99. The molecule has 2 aromatic rings. The maximum absolute atomic E-state index is 12.5. The Morgan fingerprint density at radius 3 is 2.14 bits per heavy atom. The van der Waals surface area contributed by atoms with Crippen molar-refractivity contribution >= 4 is 5.91 Å². The summed E-state index contributed by atoms with van der Waals surface area (Å²) < 4.78 is 0. The molecule has 0 saturated carbocycles. The van der Waals surface area contributed by atoms with Crippen molar-refractivity contribution in [1.29, 1.82) is 0 Å². The number of carbonyl (C=O) groups excluding carboxylic acids is 1. The minimum atomic E-state index is -0.211. The Hall–Kier alpha value is -2.21. The van der Waals surface area contributed by atoms with E-state index < -0.39 is 0 Å². The lowest BCUT2D eigenvalue weighted by Crippen LogP contribution is -2.43. The largest absolute Gasteiger partial charge is 0.350 e. The number of nitrogens with two attached hydrogens (primary N) is 1. The SMILES string of the molecule is CC(C)c1ccc(C(N)CNC(=O)c2ccc(CN3CCN(C)CC3)cc2)cc1. The van der Waals surface area contributed by atoms with E-state index in [1.54, 1.807) is 0 Å². The number of likely N-dealkylation sites (N-methyl/N-ethyl adjacent to an activating group) is 1. The Balaban J connectivity index is 1.48. The number of carbonyl (C=O) groups is 1. The van der Waals surface area contributed by atoms with Crippen LogP contribution in [-0.4, -0.2) is 55.5 Å². The van der Waals surface area contributed by atoms with Crippen LogP contribution in [0.25, 0.3) is 0 Å². The van der Waals surface area contributed by atoms with Crippen LogP contribution in [0.1, 0.15) is 52.9 Å². The molecule has 1 heterocycles. The van der Waals surface area contributed by atoms with Crippen LogP contribution in [-0.2, 0) is 6.54 Å². The van der Waals surface area contributed by atoms with Gasteiger partial charge in [0, 0.05) is 50.9 Å². The van der Waals surface area contributed by atoms with Gasteiger partial charge in [0.1, 0.15) is 0 Å². The molecule has 2 aromatic carbocycles. The summed E-state index contributed by atoms with van der Waals surface area (Å²) >= 11 is 0. The van der Waals surface area contributed by atoms with E-state index in [0.717, 1.165) is 38.3 Å². The fourth-order valence-corrected chi connectivity index (χ4v) is 3.58. The highest BCUT2D eigenvalue weighted by atomic mass is 16.1. The number of piperazine rings is 1. The minimum absolute atomic E-state index is 0.0783. The number of hydrogen-bond acceptors (Lipinski definition) is 4. The van der Waals surface area contributed by atoms with Gasteiger partial charge in [-0.3, -0.25) is 9.69 Å². The van der Waals surface area contributed by atoms with Crippen LogP contribution in [0.15, 0.2) is 48.5 Å². The monoisotopic (exact) mass is 394 g/mol. The quantitative estimate of drug-likeness (QED) is 0.758. The molecule has 5 nitrogen and oxygen atoms in total. The topological polar surface area (TPSA) is 61.6 Å². The highest BCUT2D eigenvalue weighted by molar-refractivity contribution is 5.94. The lowest BCUT2D eigenvalue weighted by molar-refractivity contribution is 0.0951. The molecular weight excluding hydrogens is 360 g/mol. The molecule has 1 aliphatic heterocycles. The molecule has 0 radical (unpaired) electrons. The summed E-state index contributed by atoms with van der Waals surface area (Å²) in [5, 5.41) is 2.96. The lowest BCUT2D eigenvalue weighted by Gasteiger charge is -2.32. The molecule has 156 valence electrons. The van der Waals surface area contributed by atoms with Crippen molar-refractivity contribution in [2.24, 2.45) is 5.73 Å². The summed E-state index contributed by atoms with van der Waals surface area (Å²) in [6.45, 7) is 10.1. The third-order valence-electron chi connectivity index (χ3n) is 5.73. The molecule has 0 bridgehead atoms. The predicted molar refractivity (Wildman–Crippen MR) is 119 cm³/mol. The van der Waals surface area contributed by atoms with E-state index in [2.05, 4.69) is 72.4 Å². The van der Waals surface area contributed by atoms with Gasteiger partial charge in [-0.05, 0) is 41.8 Å². The zero-order valence-corrected chi connectivity index (χ0v) is 17.9. The first kappa shape index (κ1) is 21.5. The van der Waals surface area contributed by atoms with Crippen LogP contribution in [0, 0.1) is 0 Å². The van der Waals surface area contributed by atoms with Crippen molar-refractivity contribution < 1.29 is 4.79 Å². The molecule has 3 rings (SSSR count). The molecule has 0 aromatic heterocycles. The highest BCUT2D eigenvalue weighted by Crippen LogP contribution is 2.17. The number of benzene rings is 2. The van der Waals surface area contributed by atoms with Gasteiger partial charge in [0.2, 0.25) is 0 Å². The molecule has 29 heavy (non-hydrogen) atoms. The summed E-state index contributed by atoms with van der Waals surface area (Å²) in [7, 11) is 2.16. The first-order valence-electron chi connectivity index (χ1n) is 10.6. The zero-order chi connectivity index (χ0) is 20.8. The second-order valence-electron chi connectivity index (χ2n) is 8.41. The molecule has 5 heteroatoms. The summed E-state index contributed by atoms with van der Waals surface area (Å²) in [4.78, 5) is 17.3. The van der Waals surface area contributed by atoms with Crippen LogP contribution in [0.2, 0.25) is 0 Å². The Morgan fingerprint density at radius 2 is 1.55 bits per heavy atom. The van der Waals surface area contributed by atoms with Gasteiger partial charge in [0.25, 0.3) is 5.91 Å². The van der Waals surface area contributed by atoms with Crippen LogP contribution in [0.4, 0.5) is 0 Å². The van der Waals surface area contributed by atoms with Crippen molar-refractivity contribution in [3.05, 3.63) is 70.8 Å². The molecule has 1 amide bonds. The van der Waals surface area contributed by atoms with Gasteiger partial charge in [0.15, 0.2) is 0 Å². The second-order valence-corrected chi connectivity index (χ2v) is 8.41. The standard InChI is InChI=1S/C24H34N4O/c1-18(2)20-8-10-21(11-9-20)23(25)16-26-24(29)22-6-4-19(5-7-22)17-28-14-12-27(3)13-15-28/h4-11,18,23H,12-17,25H2,1-3H3,(H,26,29). The molecule has 3 N–H and O–H groups in total. The highest BCUT2D eigenvalue weighted by Gasteiger charge is 2.14. The fourth-order valence-electron chi connectivity index (χ4n) is 3.58. The van der Waals surface area contributed by atoms with Crippen LogP contribution in [0.5, 0.6) is 0 Å². The number of rotatable bonds is 7. The van der Waals surface area contributed by atoms with Gasteiger partial charge in [-0.2, -0.15) is 0 Å². The number of nitrogens with zero attached hydrogens (tertiary/aromatic N) is 2. The molecule has 1 aliphatic rings. The molecule has 1 unspecified atom stereocenters. The van der Waals surface area contributed by atoms with E-state index in [4.69, 9.17) is 5.73 Å². The van der Waals surface area contributed by atoms with Gasteiger partial charge >= 0.3 is 0 Å². The Bertz CT molecular complexity index is 778. The van der Waals surface area contributed by atoms with E-state index in [9.17, 15) is 4.79 Å². The lowest BCUT2D eigenvalue weighted by atomic mass is 9.99. The van der Waals surface area contributed by atoms with E-state index in [1.165, 1.54) is 11.1 Å². The van der Waals surface area contributed by atoms with E-state index >= 15 is 0 Å². The Labute approximate surface area is 174 Å². The van der Waals surface area contributed by atoms with Crippen molar-refractivity contribution in [2.45, 2.75) is 32.4 Å². The Morgan fingerprint density at radius 1 is 0.966 bits per heavy atom. The molecule has 1 saturated heterocycles. The molecule has 1 fully saturated rings. The number of hydrogen-bond donors (Lipinski definition) is 2. The normalized spacial score (nSPS) is 16.7. The first-order valence-corrected chi connectivity index (χ1v) is 10.6. The Kier molecular flexibility index (Phi) is 7.42. The third-order valence-corrected chi connectivity index (χ3v) is 5.73. The van der Waals surface area contributed by atoms with Gasteiger partial charge < -0.3 is 16.0 Å². The van der Waals surface area contributed by atoms with Gasteiger partial charge in [-0.1, -0.05) is 50.2 Å². The van der Waals surface area contributed by atoms with Gasteiger partial charge in [-0.15, -0.1) is 0 Å². The van der Waals surface area contributed by atoms with E-state index in [1.807, 2.05) is 12.1 Å². The fraction of sp³-hybridized carbons (Fsp3) is 0.458. The first-order chi connectivity index (χ1) is 13.9. The maximum Gasteiger partial charge on any atom is 0.251 e. The van der Waals surface area contributed by atoms with Crippen molar-refractivity contribution in [2.75, 3.05) is 39.8 Å². The number of nitrogens with one attached hydrogen (secondary N) is 1. The van der Waals surface area contributed by atoms with E-state index in [0.29, 0.717) is 18.0 Å². The summed E-state index contributed by atoms with van der Waals surface area (Å²) in [5.74, 6) is 0.421. The molecule has 0 aliphatic carbocycles. The molecular formula is C24H34N4O. The zero-order valence-electron chi connectivity index (χ0n) is 17.9. The van der Waals surface area contributed by atoms with Gasteiger partial charge in [-0.25, -0.2) is 0 Å². The smallest absolute Gasteiger partial charge is 0.251 e. The average Bonchev–Trinajstić information content (AvgIpc) is 2.74. The molecule has 0 spiro atoms. The second kappa shape index (κ2) is 10.0. The number of amides is 1. The van der Waals surface area contributed by atoms with Crippen molar-refractivity contribution in [1.82, 2.24) is 15.1 Å². The average molecular weight is 395 g/mol. The van der Waals surface area contributed by atoms with Gasteiger partial charge in [0.05, 0.1) is 0 Å². The third kappa shape index (κ3) is 6.13. The summed E-state index contributed by atoms with van der Waals surface area (Å²) in [6.07, 6.45) is 0. The summed E-state index contributed by atoms with van der Waals surface area (Å²) in [5.41, 5.74) is 10.5. The summed E-state index contributed by atoms with van der Waals surface area (Å²) in [6, 6.07) is 16.0. The van der Waals surface area contributed by atoms with Crippen LogP contribution >= 0.6 is 0 Å². The van der Waals surface area contributed by atoms with Crippen LogP contribution in [0.3, 0.4) is 0 Å². The maximum atomic E-state index is 12.5. The van der Waals surface area contributed by atoms with Crippen molar-refractivity contribution in [3.8, 4) is 0 Å². The molecule has 1 atom stereocenters. The van der Waals surface area contributed by atoms with E-state index in [-0.39, 0.29) is 11.9 Å².